The number of unbranched alkanes of at least 4 members (excludes halogenated alkanes) is 1. The van der Waals surface area contributed by atoms with Crippen LogP contribution in [0.1, 0.15) is 18.5 Å². The number of nitrogens with zero attached hydrogens (tertiary/aromatic N) is 1. The Kier molecular flexibility index (Phi) is 8.46. The minimum absolute atomic E-state index is 0.147. The zero-order chi connectivity index (χ0) is 19.5. The van der Waals surface area contributed by atoms with Gasteiger partial charge in [-0.15, -0.1) is 0 Å². The van der Waals surface area contributed by atoms with Crippen molar-refractivity contribution in [1.29, 1.82) is 0 Å². The van der Waals surface area contributed by atoms with Crippen molar-refractivity contribution in [3.63, 3.8) is 0 Å². The van der Waals surface area contributed by atoms with Gasteiger partial charge >= 0.3 is 17.6 Å². The number of ether oxygens (including phenoxy) is 3. The van der Waals surface area contributed by atoms with Gasteiger partial charge in [-0.25, -0.2) is 14.4 Å². The third kappa shape index (κ3) is 8.47. The van der Waals surface area contributed by atoms with Crippen molar-refractivity contribution < 1.29 is 23.8 Å². The lowest BCUT2D eigenvalue weighted by atomic mass is 10.3. The molecular weight excluding hydrogens is 358 g/mol. The first kappa shape index (κ1) is 20.6. The number of morpholine rings is 1. The molecule has 148 valence electrons. The molecule has 2 N–H and O–H groups in total. The fourth-order valence-corrected chi connectivity index (χ4v) is 2.41. The van der Waals surface area contributed by atoms with Crippen LogP contribution in [0.15, 0.2) is 27.8 Å². The quantitative estimate of drug-likeness (QED) is 0.327. The fourth-order valence-electron chi connectivity index (χ4n) is 2.41. The van der Waals surface area contributed by atoms with E-state index < -0.39 is 23.2 Å². The number of carbonyl (C=O) groups is 2. The molecule has 1 aromatic rings. The first-order chi connectivity index (χ1) is 13.0. The second kappa shape index (κ2) is 11.1. The van der Waals surface area contributed by atoms with Crippen LogP contribution in [0, 0.1) is 0 Å². The molecule has 0 bridgehead atoms. The molecule has 27 heavy (non-hydrogen) atoms. The number of aromatic amines is 2. The SMILES string of the molecule is O=C(/C=C/C(=O)OCc1cc(=O)[nH]c(=O)[nH]1)OCCCCN1CCOCC1. The Labute approximate surface area is 155 Å². The van der Waals surface area contributed by atoms with Crippen LogP contribution >= 0.6 is 0 Å². The highest BCUT2D eigenvalue weighted by Crippen LogP contribution is 2.00. The largest absolute Gasteiger partial charge is 0.463 e. The molecule has 1 aromatic heterocycles. The summed E-state index contributed by atoms with van der Waals surface area (Å²) in [5.74, 6) is -1.43. The summed E-state index contributed by atoms with van der Waals surface area (Å²) >= 11 is 0. The monoisotopic (exact) mass is 381 g/mol. The van der Waals surface area contributed by atoms with E-state index in [4.69, 9.17) is 14.2 Å². The third-order valence-electron chi connectivity index (χ3n) is 3.76. The van der Waals surface area contributed by atoms with E-state index in [0.717, 1.165) is 63.9 Å². The zero-order valence-corrected chi connectivity index (χ0v) is 14.9. The van der Waals surface area contributed by atoms with Gasteiger partial charge in [0.1, 0.15) is 6.61 Å². The molecule has 1 fully saturated rings. The Balaban J connectivity index is 1.58. The summed E-state index contributed by atoms with van der Waals surface area (Å²) < 4.78 is 15.1. The van der Waals surface area contributed by atoms with Crippen molar-refractivity contribution in [3.8, 4) is 0 Å². The number of H-pyrrole nitrogens is 2. The maximum atomic E-state index is 11.5. The number of aromatic nitrogens is 2. The number of carbonyl (C=O) groups excluding carboxylic acids is 2. The van der Waals surface area contributed by atoms with Gasteiger partial charge in [-0.1, -0.05) is 0 Å². The fraction of sp³-hybridized carbons (Fsp3) is 0.529. The van der Waals surface area contributed by atoms with Crippen molar-refractivity contribution in [2.45, 2.75) is 19.4 Å². The van der Waals surface area contributed by atoms with Gasteiger partial charge in [-0.3, -0.25) is 14.7 Å². The molecule has 0 aliphatic carbocycles. The molecule has 0 amide bonds. The van der Waals surface area contributed by atoms with Crippen LogP contribution < -0.4 is 11.2 Å². The predicted octanol–water partition coefficient (Wildman–Crippen LogP) is -0.682. The van der Waals surface area contributed by atoms with Crippen molar-refractivity contribution >= 4 is 11.9 Å². The van der Waals surface area contributed by atoms with Crippen LogP contribution in [0.4, 0.5) is 0 Å². The highest BCUT2D eigenvalue weighted by atomic mass is 16.5. The van der Waals surface area contributed by atoms with Crippen molar-refractivity contribution in [2.24, 2.45) is 0 Å². The van der Waals surface area contributed by atoms with Gasteiger partial charge in [-0.2, -0.15) is 0 Å². The smallest absolute Gasteiger partial charge is 0.331 e. The van der Waals surface area contributed by atoms with Crippen LogP contribution in [0.3, 0.4) is 0 Å². The summed E-state index contributed by atoms with van der Waals surface area (Å²) in [5.41, 5.74) is -1.15. The third-order valence-corrected chi connectivity index (χ3v) is 3.76. The average molecular weight is 381 g/mol. The zero-order valence-electron chi connectivity index (χ0n) is 14.9. The Morgan fingerprint density at radius 1 is 1.07 bits per heavy atom. The molecule has 1 aliphatic heterocycles. The van der Waals surface area contributed by atoms with Gasteiger partial charge < -0.3 is 19.2 Å². The molecule has 0 radical (unpaired) electrons. The molecule has 0 unspecified atom stereocenters. The van der Waals surface area contributed by atoms with Gasteiger partial charge in [0.2, 0.25) is 0 Å². The molecule has 1 saturated heterocycles. The van der Waals surface area contributed by atoms with E-state index in [9.17, 15) is 19.2 Å². The Morgan fingerprint density at radius 2 is 1.78 bits per heavy atom. The van der Waals surface area contributed by atoms with Gasteiger partial charge in [0.05, 0.1) is 25.5 Å². The number of hydrogen-bond acceptors (Lipinski definition) is 8. The molecule has 0 saturated carbocycles. The topological polar surface area (TPSA) is 131 Å². The Bertz CT molecular complexity index is 734. The Hall–Kier alpha value is -2.72. The van der Waals surface area contributed by atoms with Gasteiger partial charge in [0.15, 0.2) is 0 Å². The number of hydrogen-bond donors (Lipinski definition) is 2. The first-order valence-corrected chi connectivity index (χ1v) is 8.67. The molecule has 0 aromatic carbocycles. The summed E-state index contributed by atoms with van der Waals surface area (Å²) in [6, 6.07) is 1.10. The molecule has 1 aliphatic rings. The molecule has 2 rings (SSSR count). The van der Waals surface area contributed by atoms with Crippen molar-refractivity contribution in [2.75, 3.05) is 39.5 Å². The van der Waals surface area contributed by atoms with E-state index >= 15 is 0 Å². The number of esters is 2. The summed E-state index contributed by atoms with van der Waals surface area (Å²) in [6.45, 7) is 4.29. The van der Waals surface area contributed by atoms with E-state index in [1.165, 1.54) is 0 Å². The maximum Gasteiger partial charge on any atom is 0.331 e. The van der Waals surface area contributed by atoms with E-state index in [1.54, 1.807) is 0 Å². The lowest BCUT2D eigenvalue weighted by Crippen LogP contribution is -2.36. The molecular formula is C17H23N3O7. The first-order valence-electron chi connectivity index (χ1n) is 8.67. The standard InChI is InChI=1S/C17H23N3O7/c21-14-11-13(18-17(24)19-14)12-27-16(23)4-3-15(22)26-8-2-1-5-20-6-9-25-10-7-20/h3-4,11H,1-2,5-10,12H2,(H2,18,19,21,24)/b4-3+. The molecule has 2 heterocycles. The maximum absolute atomic E-state index is 11.5. The predicted molar refractivity (Wildman–Crippen MR) is 94.1 cm³/mol. The minimum Gasteiger partial charge on any atom is -0.463 e. The normalized spacial score (nSPS) is 15.0. The molecule has 0 spiro atoms. The van der Waals surface area contributed by atoms with Crippen LogP contribution in [0.2, 0.25) is 0 Å². The van der Waals surface area contributed by atoms with Crippen LogP contribution in [0.25, 0.3) is 0 Å². The lowest BCUT2D eigenvalue weighted by molar-refractivity contribution is -0.141. The van der Waals surface area contributed by atoms with E-state index in [2.05, 4.69) is 9.88 Å². The van der Waals surface area contributed by atoms with E-state index in [1.807, 2.05) is 4.98 Å². The highest BCUT2D eigenvalue weighted by Gasteiger charge is 2.09. The van der Waals surface area contributed by atoms with Gasteiger partial charge in [-0.05, 0) is 19.4 Å². The number of rotatable bonds is 9. The van der Waals surface area contributed by atoms with Crippen molar-refractivity contribution in [3.05, 3.63) is 44.8 Å². The molecule has 10 heteroatoms. The summed E-state index contributed by atoms with van der Waals surface area (Å²) in [6.07, 6.45) is 3.55. The van der Waals surface area contributed by atoms with Crippen LogP contribution in [-0.2, 0) is 30.4 Å². The summed E-state index contributed by atoms with van der Waals surface area (Å²) in [7, 11) is 0. The second-order valence-electron chi connectivity index (χ2n) is 5.88. The lowest BCUT2D eigenvalue weighted by Gasteiger charge is -2.26. The van der Waals surface area contributed by atoms with Gasteiger partial charge in [0, 0.05) is 31.3 Å². The van der Waals surface area contributed by atoms with Crippen LogP contribution in [0.5, 0.6) is 0 Å². The number of nitrogens with one attached hydrogen (secondary N) is 2. The highest BCUT2D eigenvalue weighted by molar-refractivity contribution is 5.91. The second-order valence-corrected chi connectivity index (χ2v) is 5.88. The van der Waals surface area contributed by atoms with Crippen molar-refractivity contribution in [1.82, 2.24) is 14.9 Å². The Morgan fingerprint density at radius 3 is 2.48 bits per heavy atom. The van der Waals surface area contributed by atoms with Gasteiger partial charge in [0.25, 0.3) is 5.56 Å². The minimum atomic E-state index is -0.791. The average Bonchev–Trinajstić information content (AvgIpc) is 2.64. The molecule has 10 nitrogen and oxygen atoms in total. The summed E-state index contributed by atoms with van der Waals surface area (Å²) in [5, 5.41) is 0. The van der Waals surface area contributed by atoms with E-state index in [0.29, 0.717) is 0 Å². The van der Waals surface area contributed by atoms with E-state index in [-0.39, 0.29) is 18.9 Å². The summed E-state index contributed by atoms with van der Waals surface area (Å²) in [4.78, 5) is 51.9. The van der Waals surface area contributed by atoms with Crippen LogP contribution in [-0.4, -0.2) is 66.3 Å². The molecule has 0 atom stereocenters.